The maximum Gasteiger partial charge on any atom is 0.249 e. The summed E-state index contributed by atoms with van der Waals surface area (Å²) < 4.78 is 10.6. The monoisotopic (exact) mass is 397 g/mol. The Morgan fingerprint density at radius 3 is 2.34 bits per heavy atom. The van der Waals surface area contributed by atoms with E-state index < -0.39 is 18.0 Å². The average Bonchev–Trinajstić information content (AvgIpc) is 3.12. The highest BCUT2D eigenvalue weighted by molar-refractivity contribution is 6.01. The molecule has 3 N–H and O–H groups in total. The van der Waals surface area contributed by atoms with Crippen LogP contribution in [0.25, 0.3) is 0 Å². The Morgan fingerprint density at radius 1 is 1.14 bits per heavy atom. The van der Waals surface area contributed by atoms with Crippen molar-refractivity contribution in [1.29, 1.82) is 0 Å². The van der Waals surface area contributed by atoms with Crippen LogP contribution < -0.4 is 25.4 Å². The fourth-order valence-corrected chi connectivity index (χ4v) is 3.45. The number of carbonyl (C=O) groups excluding carboxylic acids is 2. The number of hydrogen-bond acceptors (Lipinski definition) is 5. The summed E-state index contributed by atoms with van der Waals surface area (Å²) in [7, 11) is 3.12. The quantitative estimate of drug-likeness (QED) is 0.747. The fourth-order valence-electron chi connectivity index (χ4n) is 3.45. The second-order valence-corrected chi connectivity index (χ2v) is 7.14. The highest BCUT2D eigenvalue weighted by Crippen LogP contribution is 2.31. The summed E-state index contributed by atoms with van der Waals surface area (Å²) in [5.41, 5.74) is 7.81. The summed E-state index contributed by atoms with van der Waals surface area (Å²) >= 11 is 0. The summed E-state index contributed by atoms with van der Waals surface area (Å²) in [5.74, 6) is 0.347. The Hall–Kier alpha value is -3.06. The van der Waals surface area contributed by atoms with E-state index in [2.05, 4.69) is 5.32 Å². The highest BCUT2D eigenvalue weighted by Gasteiger charge is 2.35. The van der Waals surface area contributed by atoms with Gasteiger partial charge in [0.15, 0.2) is 0 Å². The number of nitrogens with two attached hydrogens (primary N) is 1. The minimum atomic E-state index is -0.579. The Balaban J connectivity index is 1.68. The average molecular weight is 397 g/mol. The molecule has 2 aromatic rings. The smallest absolute Gasteiger partial charge is 0.249 e. The number of anilines is 1. The first-order valence-electron chi connectivity index (χ1n) is 9.60. The van der Waals surface area contributed by atoms with Crippen LogP contribution in [0.2, 0.25) is 0 Å². The van der Waals surface area contributed by atoms with Crippen molar-refractivity contribution in [3.05, 3.63) is 54.1 Å². The molecule has 1 fully saturated rings. The standard InChI is InChI=1S/C22H27N3O4/c1-14(20(23)15-7-5-4-6-8-15)21(26)24-19-9-10-25(22(19)27)16-11-17(28-2)13-18(12-16)29-3/h4-8,11-14,19-20H,9-10,23H2,1-3H3,(H,24,26). The molecule has 1 aliphatic heterocycles. The lowest BCUT2D eigenvalue weighted by Crippen LogP contribution is -2.45. The largest absolute Gasteiger partial charge is 0.497 e. The van der Waals surface area contributed by atoms with Crippen LogP contribution in [0.1, 0.15) is 24.9 Å². The number of nitrogens with one attached hydrogen (secondary N) is 1. The lowest BCUT2D eigenvalue weighted by atomic mass is 9.94. The Bertz CT molecular complexity index is 849. The first kappa shape index (κ1) is 20.7. The van der Waals surface area contributed by atoms with Crippen LogP contribution >= 0.6 is 0 Å². The first-order chi connectivity index (χ1) is 13.9. The van der Waals surface area contributed by atoms with Crippen molar-refractivity contribution in [2.75, 3.05) is 25.7 Å². The Kier molecular flexibility index (Phi) is 6.39. The summed E-state index contributed by atoms with van der Waals surface area (Å²) in [5, 5.41) is 2.86. The van der Waals surface area contributed by atoms with Gasteiger partial charge in [0.05, 0.1) is 25.8 Å². The number of hydrogen-bond donors (Lipinski definition) is 2. The van der Waals surface area contributed by atoms with E-state index in [0.29, 0.717) is 30.2 Å². The molecule has 0 aromatic heterocycles. The SMILES string of the molecule is COc1cc(OC)cc(N2CCC(NC(=O)C(C)C(N)c3ccccc3)C2=O)c1. The van der Waals surface area contributed by atoms with Gasteiger partial charge in [0.1, 0.15) is 17.5 Å². The van der Waals surface area contributed by atoms with Crippen molar-refractivity contribution in [2.45, 2.75) is 25.4 Å². The Labute approximate surface area is 170 Å². The van der Waals surface area contributed by atoms with Gasteiger partial charge in [-0.15, -0.1) is 0 Å². The predicted molar refractivity (Wildman–Crippen MR) is 111 cm³/mol. The van der Waals surface area contributed by atoms with E-state index in [4.69, 9.17) is 15.2 Å². The molecule has 3 rings (SSSR count). The molecule has 3 atom stereocenters. The first-order valence-corrected chi connectivity index (χ1v) is 9.60. The van der Waals surface area contributed by atoms with Gasteiger partial charge >= 0.3 is 0 Å². The van der Waals surface area contributed by atoms with E-state index in [-0.39, 0.29) is 11.8 Å². The highest BCUT2D eigenvalue weighted by atomic mass is 16.5. The Morgan fingerprint density at radius 2 is 1.76 bits per heavy atom. The third-order valence-corrected chi connectivity index (χ3v) is 5.31. The van der Waals surface area contributed by atoms with Gasteiger partial charge in [-0.2, -0.15) is 0 Å². The lowest BCUT2D eigenvalue weighted by molar-refractivity contribution is -0.129. The molecule has 1 aliphatic rings. The van der Waals surface area contributed by atoms with Crippen molar-refractivity contribution in [3.8, 4) is 11.5 Å². The van der Waals surface area contributed by atoms with Crippen molar-refractivity contribution in [2.24, 2.45) is 11.7 Å². The van der Waals surface area contributed by atoms with Gasteiger partial charge in [0.25, 0.3) is 0 Å². The van der Waals surface area contributed by atoms with Crippen molar-refractivity contribution >= 4 is 17.5 Å². The topological polar surface area (TPSA) is 93.9 Å². The zero-order valence-corrected chi connectivity index (χ0v) is 16.9. The van der Waals surface area contributed by atoms with Gasteiger partial charge in [-0.05, 0) is 12.0 Å². The summed E-state index contributed by atoms with van der Waals surface area (Å²) in [6.07, 6.45) is 0.525. The normalized spacial score (nSPS) is 18.3. The van der Waals surface area contributed by atoms with E-state index in [1.165, 1.54) is 0 Å². The van der Waals surface area contributed by atoms with E-state index >= 15 is 0 Å². The van der Waals surface area contributed by atoms with Crippen molar-refractivity contribution in [3.63, 3.8) is 0 Å². The summed E-state index contributed by atoms with van der Waals surface area (Å²) in [4.78, 5) is 27.2. The molecule has 1 heterocycles. The molecule has 0 saturated carbocycles. The van der Waals surface area contributed by atoms with Gasteiger partial charge in [-0.1, -0.05) is 37.3 Å². The van der Waals surface area contributed by atoms with Gasteiger partial charge in [-0.3, -0.25) is 9.59 Å². The number of rotatable bonds is 7. The number of amides is 2. The zero-order valence-electron chi connectivity index (χ0n) is 16.9. The maximum atomic E-state index is 12.9. The van der Waals surface area contributed by atoms with Gasteiger partial charge < -0.3 is 25.4 Å². The fraction of sp³-hybridized carbons (Fsp3) is 0.364. The van der Waals surface area contributed by atoms with E-state index in [9.17, 15) is 9.59 Å². The molecule has 0 bridgehead atoms. The molecule has 2 aromatic carbocycles. The van der Waals surface area contributed by atoms with Crippen molar-refractivity contribution < 1.29 is 19.1 Å². The molecule has 0 radical (unpaired) electrons. The molecule has 154 valence electrons. The lowest BCUT2D eigenvalue weighted by Gasteiger charge is -2.22. The number of nitrogens with zero attached hydrogens (tertiary/aromatic N) is 1. The maximum absolute atomic E-state index is 12.9. The number of carbonyl (C=O) groups is 2. The molecular formula is C22H27N3O4. The zero-order chi connectivity index (χ0) is 21.0. The molecule has 7 heteroatoms. The van der Waals surface area contributed by atoms with Gasteiger partial charge in [0, 0.05) is 30.8 Å². The van der Waals surface area contributed by atoms with Gasteiger partial charge in [-0.25, -0.2) is 0 Å². The third kappa shape index (κ3) is 4.51. The van der Waals surface area contributed by atoms with Crippen LogP contribution in [0.5, 0.6) is 11.5 Å². The molecule has 29 heavy (non-hydrogen) atoms. The van der Waals surface area contributed by atoms with Crippen LogP contribution in [-0.4, -0.2) is 38.6 Å². The minimum Gasteiger partial charge on any atom is -0.497 e. The predicted octanol–water partition coefficient (Wildman–Crippen LogP) is 2.26. The molecular weight excluding hydrogens is 370 g/mol. The second kappa shape index (κ2) is 8.96. The van der Waals surface area contributed by atoms with Crippen LogP contribution in [0.4, 0.5) is 5.69 Å². The second-order valence-electron chi connectivity index (χ2n) is 7.14. The van der Waals surface area contributed by atoms with Crippen LogP contribution in [0.3, 0.4) is 0 Å². The summed E-state index contributed by atoms with van der Waals surface area (Å²) in [6.45, 7) is 2.27. The van der Waals surface area contributed by atoms with E-state index in [1.807, 2.05) is 30.3 Å². The van der Waals surface area contributed by atoms with Crippen molar-refractivity contribution in [1.82, 2.24) is 5.32 Å². The van der Waals surface area contributed by atoms with E-state index in [1.54, 1.807) is 44.2 Å². The molecule has 0 spiro atoms. The number of ether oxygens (including phenoxy) is 2. The van der Waals surface area contributed by atoms with E-state index in [0.717, 1.165) is 5.56 Å². The van der Waals surface area contributed by atoms with Gasteiger partial charge in [0.2, 0.25) is 11.8 Å². The molecule has 3 unspecified atom stereocenters. The number of methoxy groups -OCH3 is 2. The third-order valence-electron chi connectivity index (χ3n) is 5.31. The summed E-state index contributed by atoms with van der Waals surface area (Å²) in [6, 6.07) is 13.8. The molecule has 0 aliphatic carbocycles. The minimum absolute atomic E-state index is 0.158. The van der Waals surface area contributed by atoms with Crippen LogP contribution in [-0.2, 0) is 9.59 Å². The molecule has 1 saturated heterocycles. The van der Waals surface area contributed by atoms with Crippen LogP contribution in [0.15, 0.2) is 48.5 Å². The molecule has 7 nitrogen and oxygen atoms in total. The molecule has 2 amide bonds. The van der Waals surface area contributed by atoms with Crippen LogP contribution in [0, 0.1) is 5.92 Å². The number of benzene rings is 2.